The molecule has 14 heavy (non-hydrogen) atoms. The van der Waals surface area contributed by atoms with Crippen molar-refractivity contribution in [1.29, 1.82) is 0 Å². The van der Waals surface area contributed by atoms with Crippen LogP contribution >= 0.6 is 11.8 Å². The number of thioether (sulfide) groups is 1. The molecule has 0 aromatic heterocycles. The van der Waals surface area contributed by atoms with E-state index in [4.69, 9.17) is 0 Å². The number of hydrogen-bond donors (Lipinski definition) is 1. The summed E-state index contributed by atoms with van der Waals surface area (Å²) in [5.74, 6) is 0. The smallest absolute Gasteiger partial charge is 0.0149 e. The lowest BCUT2D eigenvalue weighted by molar-refractivity contribution is 0.267. The molecule has 3 heteroatoms. The van der Waals surface area contributed by atoms with Gasteiger partial charge in [0.15, 0.2) is 0 Å². The largest absolute Gasteiger partial charge is 0.317 e. The van der Waals surface area contributed by atoms with Crippen LogP contribution in [0.5, 0.6) is 0 Å². The Balaban J connectivity index is 2.10. The van der Waals surface area contributed by atoms with Crippen molar-refractivity contribution in [3.8, 4) is 0 Å². The van der Waals surface area contributed by atoms with Crippen molar-refractivity contribution < 1.29 is 0 Å². The fraction of sp³-hybridized carbons (Fsp3) is 1.00. The molecule has 2 atom stereocenters. The molecule has 0 spiro atoms. The molecule has 0 aromatic rings. The Bertz CT molecular complexity index is 142. The van der Waals surface area contributed by atoms with Crippen LogP contribution < -0.4 is 5.32 Å². The van der Waals surface area contributed by atoms with Crippen molar-refractivity contribution in [3.05, 3.63) is 0 Å². The van der Waals surface area contributed by atoms with Gasteiger partial charge in [-0.3, -0.25) is 0 Å². The Morgan fingerprint density at radius 2 is 1.93 bits per heavy atom. The molecule has 1 rings (SSSR count). The van der Waals surface area contributed by atoms with Crippen LogP contribution in [0.2, 0.25) is 0 Å². The van der Waals surface area contributed by atoms with Crippen molar-refractivity contribution >= 4 is 11.8 Å². The Hall–Kier alpha value is 0.270. The summed E-state index contributed by atoms with van der Waals surface area (Å²) in [6.45, 7) is 13.0. The Morgan fingerprint density at radius 1 is 1.29 bits per heavy atom. The molecule has 0 amide bonds. The number of hydrogen-bond acceptors (Lipinski definition) is 3. The average molecular weight is 216 g/mol. The van der Waals surface area contributed by atoms with Crippen molar-refractivity contribution in [2.75, 3.05) is 32.7 Å². The Labute approximate surface area is 92.8 Å². The summed E-state index contributed by atoms with van der Waals surface area (Å²) in [5, 5.41) is 5.01. The van der Waals surface area contributed by atoms with Crippen molar-refractivity contribution in [2.24, 2.45) is 0 Å². The Kier molecular flexibility index (Phi) is 5.90. The van der Waals surface area contributed by atoms with Gasteiger partial charge in [0.25, 0.3) is 0 Å². The van der Waals surface area contributed by atoms with E-state index in [9.17, 15) is 0 Å². The summed E-state index contributed by atoms with van der Waals surface area (Å²) in [7, 11) is 0. The van der Waals surface area contributed by atoms with E-state index >= 15 is 0 Å². The molecular formula is C11H24N2S. The molecule has 0 aromatic carbocycles. The van der Waals surface area contributed by atoms with E-state index in [0.717, 1.165) is 17.0 Å². The molecule has 1 N–H and O–H groups in total. The van der Waals surface area contributed by atoms with Gasteiger partial charge in [-0.1, -0.05) is 20.8 Å². The number of nitrogens with one attached hydrogen (secondary N) is 1. The SMILES string of the molecule is CCNCCCN1CC(C)SC(C)C1. The second-order valence-corrected chi connectivity index (χ2v) is 6.11. The molecule has 2 unspecified atom stereocenters. The van der Waals surface area contributed by atoms with Gasteiger partial charge in [0, 0.05) is 23.6 Å². The van der Waals surface area contributed by atoms with E-state index in [-0.39, 0.29) is 0 Å². The summed E-state index contributed by atoms with van der Waals surface area (Å²) in [6, 6.07) is 0. The minimum atomic E-state index is 0.817. The molecule has 0 bridgehead atoms. The fourth-order valence-electron chi connectivity index (χ4n) is 2.07. The molecular weight excluding hydrogens is 192 g/mol. The highest BCUT2D eigenvalue weighted by Gasteiger charge is 2.21. The molecule has 0 aliphatic carbocycles. The van der Waals surface area contributed by atoms with E-state index in [0.29, 0.717) is 0 Å². The highest BCUT2D eigenvalue weighted by Crippen LogP contribution is 2.24. The second-order valence-electron chi connectivity index (χ2n) is 4.22. The molecule has 1 fully saturated rings. The van der Waals surface area contributed by atoms with Gasteiger partial charge < -0.3 is 10.2 Å². The normalized spacial score (nSPS) is 29.4. The molecule has 1 heterocycles. The minimum absolute atomic E-state index is 0.817. The summed E-state index contributed by atoms with van der Waals surface area (Å²) in [5.41, 5.74) is 0. The maximum atomic E-state index is 3.38. The lowest BCUT2D eigenvalue weighted by Crippen LogP contribution is -2.41. The molecule has 1 aliphatic rings. The van der Waals surface area contributed by atoms with E-state index < -0.39 is 0 Å². The molecule has 0 radical (unpaired) electrons. The molecule has 84 valence electrons. The molecule has 1 saturated heterocycles. The predicted octanol–water partition coefficient (Wildman–Crippen LogP) is 1.81. The van der Waals surface area contributed by atoms with Gasteiger partial charge in [-0.25, -0.2) is 0 Å². The van der Waals surface area contributed by atoms with Crippen molar-refractivity contribution in [2.45, 2.75) is 37.7 Å². The molecule has 0 saturated carbocycles. The quantitative estimate of drug-likeness (QED) is 0.706. The molecule has 2 nitrogen and oxygen atoms in total. The van der Waals surface area contributed by atoms with E-state index in [2.05, 4.69) is 42.7 Å². The van der Waals surface area contributed by atoms with Crippen LogP contribution in [0.4, 0.5) is 0 Å². The van der Waals surface area contributed by atoms with Crippen molar-refractivity contribution in [1.82, 2.24) is 10.2 Å². The summed E-state index contributed by atoms with van der Waals surface area (Å²) in [6.07, 6.45) is 1.29. The van der Waals surface area contributed by atoms with Crippen LogP contribution in [-0.2, 0) is 0 Å². The lowest BCUT2D eigenvalue weighted by Gasteiger charge is -2.34. The molecule has 1 aliphatic heterocycles. The Morgan fingerprint density at radius 3 is 2.50 bits per heavy atom. The maximum Gasteiger partial charge on any atom is 0.0149 e. The van der Waals surface area contributed by atoms with Crippen molar-refractivity contribution in [3.63, 3.8) is 0 Å². The van der Waals surface area contributed by atoms with Gasteiger partial charge in [-0.2, -0.15) is 11.8 Å². The zero-order valence-corrected chi connectivity index (χ0v) is 10.6. The third-order valence-corrected chi connectivity index (χ3v) is 3.80. The fourth-order valence-corrected chi connectivity index (χ4v) is 3.46. The third-order valence-electron chi connectivity index (χ3n) is 2.57. The van der Waals surface area contributed by atoms with Crippen LogP contribution in [-0.4, -0.2) is 48.1 Å². The van der Waals surface area contributed by atoms with Gasteiger partial charge in [-0.15, -0.1) is 0 Å². The first-order valence-corrected chi connectivity index (χ1v) is 6.75. The van der Waals surface area contributed by atoms with Crippen LogP contribution in [0, 0.1) is 0 Å². The van der Waals surface area contributed by atoms with Crippen LogP contribution in [0.15, 0.2) is 0 Å². The summed E-state index contributed by atoms with van der Waals surface area (Å²) in [4.78, 5) is 2.61. The van der Waals surface area contributed by atoms with E-state index in [1.165, 1.54) is 32.6 Å². The average Bonchev–Trinajstić information content (AvgIpc) is 2.11. The van der Waals surface area contributed by atoms with Crippen LogP contribution in [0.3, 0.4) is 0 Å². The van der Waals surface area contributed by atoms with Crippen LogP contribution in [0.1, 0.15) is 27.2 Å². The maximum absolute atomic E-state index is 3.38. The van der Waals surface area contributed by atoms with Gasteiger partial charge in [0.1, 0.15) is 0 Å². The highest BCUT2D eigenvalue weighted by atomic mass is 32.2. The third kappa shape index (κ3) is 4.67. The summed E-state index contributed by atoms with van der Waals surface area (Å²) >= 11 is 2.13. The topological polar surface area (TPSA) is 15.3 Å². The predicted molar refractivity (Wildman–Crippen MR) is 66.1 cm³/mol. The number of nitrogens with zero attached hydrogens (tertiary/aromatic N) is 1. The first kappa shape index (κ1) is 12.3. The second kappa shape index (κ2) is 6.70. The first-order chi connectivity index (χ1) is 6.72. The monoisotopic (exact) mass is 216 g/mol. The zero-order chi connectivity index (χ0) is 10.4. The number of rotatable bonds is 5. The van der Waals surface area contributed by atoms with E-state index in [1.54, 1.807) is 0 Å². The van der Waals surface area contributed by atoms with Gasteiger partial charge in [0.2, 0.25) is 0 Å². The minimum Gasteiger partial charge on any atom is -0.317 e. The van der Waals surface area contributed by atoms with Gasteiger partial charge in [-0.05, 0) is 26.1 Å². The lowest BCUT2D eigenvalue weighted by atomic mass is 10.3. The zero-order valence-electron chi connectivity index (χ0n) is 9.75. The standard InChI is InChI=1S/C11H24N2S/c1-4-12-6-5-7-13-8-10(2)14-11(3)9-13/h10-12H,4-9H2,1-3H3. The highest BCUT2D eigenvalue weighted by molar-refractivity contribution is 8.00. The van der Waals surface area contributed by atoms with Crippen LogP contribution in [0.25, 0.3) is 0 Å². The van der Waals surface area contributed by atoms with Gasteiger partial charge in [0.05, 0.1) is 0 Å². The summed E-state index contributed by atoms with van der Waals surface area (Å²) < 4.78 is 0. The van der Waals surface area contributed by atoms with Gasteiger partial charge >= 0.3 is 0 Å². The van der Waals surface area contributed by atoms with E-state index in [1.807, 2.05) is 0 Å². The first-order valence-electron chi connectivity index (χ1n) is 5.81.